The van der Waals surface area contributed by atoms with E-state index >= 15 is 0 Å². The number of nitrogens with zero attached hydrogens (tertiary/aromatic N) is 6. The van der Waals surface area contributed by atoms with Crippen LogP contribution in [0.1, 0.15) is 28.9 Å². The van der Waals surface area contributed by atoms with E-state index in [1.807, 2.05) is 5.32 Å². The van der Waals surface area contributed by atoms with Crippen LogP contribution in [-0.2, 0) is 17.5 Å². The molecule has 6 rings (SSSR count). The van der Waals surface area contributed by atoms with E-state index in [-0.39, 0.29) is 21.9 Å². The lowest BCUT2D eigenvalue weighted by atomic mass is 9.93. The summed E-state index contributed by atoms with van der Waals surface area (Å²) in [5.41, 5.74) is -2.54. The third-order valence-corrected chi connectivity index (χ3v) is 6.10. The average Bonchev–Trinajstić information content (AvgIpc) is 3.47. The SMILES string of the molecule is O=C(Nc1cn(CC(F)(F)F)nc1C(F)(F)F)c1cnn2ccc(N3CC4CCC3CN4)nc12.O=C(O)C(F)(F)F. The van der Waals surface area contributed by atoms with Crippen LogP contribution in [0, 0.1) is 0 Å². The highest BCUT2D eigenvalue weighted by atomic mass is 19.4. The highest BCUT2D eigenvalue weighted by molar-refractivity contribution is 6.08. The Kier molecular flexibility index (Phi) is 7.80. The Hall–Kier alpha value is -4.10. The van der Waals surface area contributed by atoms with Crippen molar-refractivity contribution < 1.29 is 54.2 Å². The Bertz CT molecular complexity index is 1420. The van der Waals surface area contributed by atoms with Crippen LogP contribution in [0.25, 0.3) is 5.65 Å². The average molecular weight is 602 g/mol. The number of carboxylic acid groups (broad SMARTS) is 1. The summed E-state index contributed by atoms with van der Waals surface area (Å²) in [5, 5.41) is 19.5. The number of hydrogen-bond acceptors (Lipinski definition) is 7. The zero-order valence-corrected chi connectivity index (χ0v) is 20.3. The number of carbonyl (C=O) groups excluding carboxylic acids is 1. The number of aliphatic carboxylic acids is 1. The van der Waals surface area contributed by atoms with Crippen LogP contribution >= 0.6 is 0 Å². The third-order valence-electron chi connectivity index (χ3n) is 6.10. The van der Waals surface area contributed by atoms with E-state index in [0.29, 0.717) is 18.1 Å². The Morgan fingerprint density at radius 1 is 1.10 bits per heavy atom. The minimum atomic E-state index is -5.08. The number of carbonyl (C=O) groups is 2. The van der Waals surface area contributed by atoms with Gasteiger partial charge in [-0.1, -0.05) is 0 Å². The van der Waals surface area contributed by atoms with Gasteiger partial charge in [0, 0.05) is 37.6 Å². The van der Waals surface area contributed by atoms with Gasteiger partial charge in [0.25, 0.3) is 5.91 Å². The molecule has 224 valence electrons. The maximum atomic E-state index is 13.3. The molecule has 1 amide bonds. The van der Waals surface area contributed by atoms with E-state index in [9.17, 15) is 44.3 Å². The summed E-state index contributed by atoms with van der Waals surface area (Å²) in [4.78, 5) is 28.3. The first-order valence-corrected chi connectivity index (χ1v) is 11.6. The molecule has 6 heterocycles. The molecule has 11 nitrogen and oxygen atoms in total. The van der Waals surface area contributed by atoms with Crippen molar-refractivity contribution in [1.29, 1.82) is 0 Å². The van der Waals surface area contributed by atoms with Gasteiger partial charge in [0.2, 0.25) is 0 Å². The lowest BCUT2D eigenvalue weighted by molar-refractivity contribution is -0.192. The Labute approximate surface area is 222 Å². The molecule has 3 aromatic rings. The second-order valence-electron chi connectivity index (χ2n) is 9.06. The van der Waals surface area contributed by atoms with E-state index in [4.69, 9.17) is 9.90 Å². The monoisotopic (exact) mass is 602 g/mol. The van der Waals surface area contributed by atoms with Crippen molar-refractivity contribution in [2.45, 2.75) is 50.0 Å². The van der Waals surface area contributed by atoms with E-state index in [2.05, 4.69) is 25.4 Å². The van der Waals surface area contributed by atoms with Gasteiger partial charge in [0.15, 0.2) is 11.3 Å². The second kappa shape index (κ2) is 10.7. The number of alkyl halides is 9. The van der Waals surface area contributed by atoms with Crippen LogP contribution in [0.2, 0.25) is 0 Å². The number of piperidine rings is 2. The number of hydrogen-bond donors (Lipinski definition) is 3. The zero-order valence-electron chi connectivity index (χ0n) is 20.3. The van der Waals surface area contributed by atoms with Crippen molar-refractivity contribution in [2.24, 2.45) is 0 Å². The molecule has 3 aromatic heterocycles. The van der Waals surface area contributed by atoms with E-state index in [0.717, 1.165) is 32.1 Å². The largest absolute Gasteiger partial charge is 0.490 e. The first-order chi connectivity index (χ1) is 18.9. The van der Waals surface area contributed by atoms with Crippen molar-refractivity contribution in [2.75, 3.05) is 23.3 Å². The van der Waals surface area contributed by atoms with Crippen molar-refractivity contribution in [1.82, 2.24) is 29.7 Å². The van der Waals surface area contributed by atoms with Crippen LogP contribution in [0.15, 0.2) is 24.7 Å². The topological polar surface area (TPSA) is 130 Å². The number of fused-ring (bicyclic) bond motifs is 4. The quantitative estimate of drug-likeness (QED) is 0.388. The molecule has 3 N–H and O–H groups in total. The molecule has 3 aliphatic rings. The van der Waals surface area contributed by atoms with Gasteiger partial charge < -0.3 is 20.6 Å². The van der Waals surface area contributed by atoms with E-state index in [1.54, 1.807) is 12.3 Å². The van der Waals surface area contributed by atoms with Gasteiger partial charge in [-0.2, -0.15) is 49.7 Å². The molecule has 3 aliphatic heterocycles. The highest BCUT2D eigenvalue weighted by Crippen LogP contribution is 2.35. The minimum Gasteiger partial charge on any atom is -0.475 e. The molecule has 3 saturated heterocycles. The summed E-state index contributed by atoms with van der Waals surface area (Å²) in [6.45, 7) is -0.205. The van der Waals surface area contributed by atoms with Gasteiger partial charge in [-0.3, -0.25) is 9.48 Å². The van der Waals surface area contributed by atoms with Crippen LogP contribution < -0.4 is 15.5 Å². The van der Waals surface area contributed by atoms with Gasteiger partial charge in [0.1, 0.15) is 17.9 Å². The fraction of sp³-hybridized carbons (Fsp3) is 0.476. The number of piperazine rings is 1. The molecule has 41 heavy (non-hydrogen) atoms. The minimum absolute atomic E-state index is 0.0876. The molecule has 0 saturated carbocycles. The van der Waals surface area contributed by atoms with Gasteiger partial charge in [0.05, 0.1) is 11.9 Å². The number of nitrogens with one attached hydrogen (secondary N) is 2. The van der Waals surface area contributed by atoms with Crippen molar-refractivity contribution in [3.63, 3.8) is 0 Å². The lowest BCUT2D eigenvalue weighted by Crippen LogP contribution is -2.61. The molecule has 2 bridgehead atoms. The molecule has 2 atom stereocenters. The Balaban J connectivity index is 0.000000493. The van der Waals surface area contributed by atoms with Gasteiger partial charge in [-0.05, 0) is 18.9 Å². The summed E-state index contributed by atoms with van der Waals surface area (Å²) in [7, 11) is 0. The molecule has 3 fully saturated rings. The number of halogens is 9. The van der Waals surface area contributed by atoms with Gasteiger partial charge >= 0.3 is 24.5 Å². The number of rotatable bonds is 4. The molecule has 0 aromatic carbocycles. The molecular formula is C21H19F9N8O3. The fourth-order valence-electron chi connectivity index (χ4n) is 4.35. The number of carboxylic acids is 1. The second-order valence-corrected chi connectivity index (χ2v) is 9.06. The molecule has 0 spiro atoms. The molecule has 2 unspecified atom stereocenters. The van der Waals surface area contributed by atoms with Crippen LogP contribution in [0.4, 0.5) is 51.0 Å². The number of aromatic nitrogens is 5. The maximum absolute atomic E-state index is 13.3. The summed E-state index contributed by atoms with van der Waals surface area (Å²) in [5.74, 6) is -3.15. The summed E-state index contributed by atoms with van der Waals surface area (Å²) < 4.78 is 111. The third kappa shape index (κ3) is 6.98. The van der Waals surface area contributed by atoms with Gasteiger partial charge in [-0.25, -0.2) is 14.3 Å². The summed E-state index contributed by atoms with van der Waals surface area (Å²) in [6, 6.07) is 2.30. The van der Waals surface area contributed by atoms with Crippen molar-refractivity contribution >= 4 is 29.0 Å². The normalized spacial score (nSPS) is 19.2. The smallest absolute Gasteiger partial charge is 0.475 e. The zero-order chi connectivity index (χ0) is 30.3. The predicted molar refractivity (Wildman–Crippen MR) is 120 cm³/mol. The summed E-state index contributed by atoms with van der Waals surface area (Å²) >= 11 is 0. The molecular weight excluding hydrogens is 583 g/mol. The van der Waals surface area contributed by atoms with Crippen molar-refractivity contribution in [3.8, 4) is 0 Å². The first kappa shape index (κ1) is 29.9. The van der Waals surface area contributed by atoms with Crippen molar-refractivity contribution in [3.05, 3.63) is 35.9 Å². The Morgan fingerprint density at radius 3 is 2.29 bits per heavy atom. The Morgan fingerprint density at radius 2 is 1.78 bits per heavy atom. The summed E-state index contributed by atoms with van der Waals surface area (Å²) in [6.07, 6.45) is -9.69. The maximum Gasteiger partial charge on any atom is 0.490 e. The van der Waals surface area contributed by atoms with Gasteiger partial charge in [-0.15, -0.1) is 0 Å². The van der Waals surface area contributed by atoms with E-state index in [1.165, 1.54) is 4.52 Å². The number of anilines is 2. The fourth-order valence-corrected chi connectivity index (χ4v) is 4.35. The highest BCUT2D eigenvalue weighted by Gasteiger charge is 2.40. The first-order valence-electron chi connectivity index (χ1n) is 11.6. The van der Waals surface area contributed by atoms with Crippen LogP contribution in [0.3, 0.4) is 0 Å². The van der Waals surface area contributed by atoms with Crippen LogP contribution in [0.5, 0.6) is 0 Å². The molecule has 0 radical (unpaired) electrons. The van der Waals surface area contributed by atoms with Crippen LogP contribution in [-0.4, -0.2) is 78.9 Å². The predicted octanol–water partition coefficient (Wildman–Crippen LogP) is 3.33. The molecule has 20 heteroatoms. The standard InChI is InChI=1S/C19H18F6N8O.C2HF3O2/c20-18(21,22)9-31-8-13(15(30-31)19(23,24)25)28-17(34)12-6-27-33-4-3-14(29-16(12)33)32-7-10-1-2-11(32)5-26-10;3-2(4,5)1(6)7/h3-4,6,8,10-11,26H,1-2,5,7,9H2,(H,28,34);(H,6,7). The molecule has 0 aliphatic carbocycles. The van der Waals surface area contributed by atoms with E-state index < -0.39 is 48.3 Å². The number of amides is 1. The lowest BCUT2D eigenvalue weighted by Gasteiger charge is -2.46.